The van der Waals surface area contributed by atoms with Gasteiger partial charge in [-0.15, -0.1) is 0 Å². The molecule has 5 nitrogen and oxygen atoms in total. The van der Waals surface area contributed by atoms with Gasteiger partial charge in [0.05, 0.1) is 0 Å². The molecule has 0 aromatic carbocycles. The Morgan fingerprint density at radius 1 is 1.67 bits per heavy atom. The van der Waals surface area contributed by atoms with Crippen LogP contribution in [0.1, 0.15) is 19.3 Å². The molecule has 1 atom stereocenters. The normalized spacial score (nSPS) is 20.4. The fourth-order valence-electron chi connectivity index (χ4n) is 1.82. The van der Waals surface area contributed by atoms with E-state index in [0.29, 0.717) is 18.3 Å². The highest BCUT2D eigenvalue weighted by Gasteiger charge is 2.15. The third kappa shape index (κ3) is 3.06. The van der Waals surface area contributed by atoms with E-state index in [9.17, 15) is 4.79 Å². The number of nitrogens with zero attached hydrogens (tertiary/aromatic N) is 1. The number of carbonyl (C=O) groups excluding carboxylic acids is 1. The van der Waals surface area contributed by atoms with Crippen molar-refractivity contribution >= 4 is 11.9 Å². The topological polar surface area (TPSA) is 69.8 Å². The average molecular weight is 208 g/mol. The molecular weight excluding hydrogens is 192 g/mol. The van der Waals surface area contributed by atoms with E-state index < -0.39 is 0 Å². The van der Waals surface area contributed by atoms with Gasteiger partial charge in [0.1, 0.15) is 0 Å². The molecule has 5 heteroatoms. The summed E-state index contributed by atoms with van der Waals surface area (Å²) in [4.78, 5) is 18.3. The molecule has 0 radical (unpaired) electrons. The summed E-state index contributed by atoms with van der Waals surface area (Å²) >= 11 is 0. The number of anilines is 1. The first-order valence-electron chi connectivity index (χ1n) is 5.34. The highest BCUT2D eigenvalue weighted by Crippen LogP contribution is 2.14. The summed E-state index contributed by atoms with van der Waals surface area (Å²) in [7, 11) is 0. The van der Waals surface area contributed by atoms with Gasteiger partial charge in [0.25, 0.3) is 0 Å². The van der Waals surface area contributed by atoms with Crippen LogP contribution in [0.3, 0.4) is 0 Å². The van der Waals surface area contributed by atoms with Crippen molar-refractivity contribution in [2.45, 2.75) is 19.3 Å². The summed E-state index contributed by atoms with van der Waals surface area (Å²) in [5.41, 5.74) is 0. The van der Waals surface area contributed by atoms with E-state index in [0.717, 1.165) is 19.5 Å². The Morgan fingerprint density at radius 3 is 3.27 bits per heavy atom. The van der Waals surface area contributed by atoms with Gasteiger partial charge in [0.2, 0.25) is 11.9 Å². The summed E-state index contributed by atoms with van der Waals surface area (Å²) in [6.45, 7) is 2.14. The van der Waals surface area contributed by atoms with Crippen LogP contribution in [0.5, 0.6) is 0 Å². The Hall–Kier alpha value is -1.36. The number of rotatable bonds is 4. The van der Waals surface area contributed by atoms with E-state index in [1.54, 1.807) is 12.4 Å². The second kappa shape index (κ2) is 4.93. The Labute approximate surface area is 88.7 Å². The Morgan fingerprint density at radius 2 is 2.60 bits per heavy atom. The van der Waals surface area contributed by atoms with E-state index in [-0.39, 0.29) is 5.91 Å². The second-order valence-electron chi connectivity index (χ2n) is 3.88. The van der Waals surface area contributed by atoms with Crippen molar-refractivity contribution in [1.82, 2.24) is 15.3 Å². The van der Waals surface area contributed by atoms with Crippen molar-refractivity contribution in [2.24, 2.45) is 5.92 Å². The maximum absolute atomic E-state index is 11.5. The monoisotopic (exact) mass is 208 g/mol. The molecule has 1 saturated heterocycles. The first-order chi connectivity index (χ1) is 7.34. The fourth-order valence-corrected chi connectivity index (χ4v) is 1.82. The second-order valence-corrected chi connectivity index (χ2v) is 3.88. The lowest BCUT2D eigenvalue weighted by Crippen LogP contribution is -2.15. The van der Waals surface area contributed by atoms with Crippen molar-refractivity contribution in [3.05, 3.63) is 12.4 Å². The van der Waals surface area contributed by atoms with Crippen LogP contribution in [-0.4, -0.2) is 29.0 Å². The number of carbonyl (C=O) groups is 1. The molecule has 1 aliphatic heterocycles. The van der Waals surface area contributed by atoms with Crippen molar-refractivity contribution in [1.29, 1.82) is 0 Å². The third-order valence-corrected chi connectivity index (χ3v) is 2.70. The highest BCUT2D eigenvalue weighted by molar-refractivity contribution is 5.88. The number of aromatic nitrogens is 2. The standard InChI is InChI=1S/C10H16N4O/c15-9(14-10-12-5-6-13-10)2-1-8-3-4-11-7-8/h5-6,8,11H,1-4,7H2,(H2,12,13,14,15). The maximum atomic E-state index is 11.5. The molecule has 0 spiro atoms. The summed E-state index contributed by atoms with van der Waals surface area (Å²) in [6.07, 6.45) is 6.04. The Bertz CT molecular complexity index is 303. The smallest absolute Gasteiger partial charge is 0.226 e. The zero-order valence-electron chi connectivity index (χ0n) is 8.62. The maximum Gasteiger partial charge on any atom is 0.226 e. The molecule has 1 aliphatic rings. The largest absolute Gasteiger partial charge is 0.331 e. The van der Waals surface area contributed by atoms with Crippen LogP contribution in [0.15, 0.2) is 12.4 Å². The van der Waals surface area contributed by atoms with Gasteiger partial charge in [-0.05, 0) is 31.8 Å². The van der Waals surface area contributed by atoms with Crippen molar-refractivity contribution in [3.63, 3.8) is 0 Å². The van der Waals surface area contributed by atoms with Crippen LogP contribution in [0.25, 0.3) is 0 Å². The number of amides is 1. The molecule has 0 aliphatic carbocycles. The number of nitrogens with one attached hydrogen (secondary N) is 3. The molecule has 0 bridgehead atoms. The van der Waals surface area contributed by atoms with E-state index in [1.807, 2.05) is 0 Å². The van der Waals surface area contributed by atoms with Crippen LogP contribution >= 0.6 is 0 Å². The lowest BCUT2D eigenvalue weighted by Gasteiger charge is -2.06. The lowest BCUT2D eigenvalue weighted by atomic mass is 10.0. The van der Waals surface area contributed by atoms with Gasteiger partial charge in [-0.25, -0.2) is 4.98 Å². The summed E-state index contributed by atoms with van der Waals surface area (Å²) in [5.74, 6) is 1.23. The van der Waals surface area contributed by atoms with E-state index >= 15 is 0 Å². The molecule has 2 rings (SSSR count). The molecule has 2 heterocycles. The number of hydrogen-bond donors (Lipinski definition) is 3. The lowest BCUT2D eigenvalue weighted by molar-refractivity contribution is -0.116. The van der Waals surface area contributed by atoms with Crippen molar-refractivity contribution in [3.8, 4) is 0 Å². The zero-order valence-corrected chi connectivity index (χ0v) is 8.62. The van der Waals surface area contributed by atoms with Gasteiger partial charge >= 0.3 is 0 Å². The fraction of sp³-hybridized carbons (Fsp3) is 0.600. The minimum atomic E-state index is 0.0388. The van der Waals surface area contributed by atoms with Crippen molar-refractivity contribution in [2.75, 3.05) is 18.4 Å². The van der Waals surface area contributed by atoms with E-state index in [4.69, 9.17) is 0 Å². The van der Waals surface area contributed by atoms with Crippen LogP contribution in [0.2, 0.25) is 0 Å². The molecule has 82 valence electrons. The molecule has 1 fully saturated rings. The zero-order chi connectivity index (χ0) is 10.5. The number of H-pyrrole nitrogens is 1. The minimum absolute atomic E-state index is 0.0388. The van der Waals surface area contributed by atoms with Crippen LogP contribution in [0, 0.1) is 5.92 Å². The summed E-state index contributed by atoms with van der Waals surface area (Å²) < 4.78 is 0. The van der Waals surface area contributed by atoms with Crippen molar-refractivity contribution < 1.29 is 4.79 Å². The number of imidazole rings is 1. The highest BCUT2D eigenvalue weighted by atomic mass is 16.1. The minimum Gasteiger partial charge on any atom is -0.331 e. The number of hydrogen-bond acceptors (Lipinski definition) is 3. The van der Waals surface area contributed by atoms with Crippen LogP contribution in [0.4, 0.5) is 5.95 Å². The molecular formula is C10H16N4O. The Balaban J connectivity index is 1.68. The van der Waals surface area contributed by atoms with E-state index in [1.165, 1.54) is 6.42 Å². The van der Waals surface area contributed by atoms with Gasteiger partial charge in [-0.3, -0.25) is 10.1 Å². The van der Waals surface area contributed by atoms with Gasteiger partial charge in [-0.1, -0.05) is 0 Å². The van der Waals surface area contributed by atoms with Crippen LogP contribution < -0.4 is 10.6 Å². The number of aromatic amines is 1. The molecule has 1 amide bonds. The predicted molar refractivity (Wildman–Crippen MR) is 57.4 cm³/mol. The quantitative estimate of drug-likeness (QED) is 0.683. The molecule has 3 N–H and O–H groups in total. The van der Waals surface area contributed by atoms with Gasteiger partial charge in [0.15, 0.2) is 0 Å². The summed E-state index contributed by atoms with van der Waals surface area (Å²) in [6, 6.07) is 0. The third-order valence-electron chi connectivity index (χ3n) is 2.70. The molecule has 0 saturated carbocycles. The van der Waals surface area contributed by atoms with Gasteiger partial charge < -0.3 is 10.3 Å². The van der Waals surface area contributed by atoms with Gasteiger partial charge in [0, 0.05) is 18.8 Å². The van der Waals surface area contributed by atoms with Gasteiger partial charge in [-0.2, -0.15) is 0 Å². The predicted octanol–water partition coefficient (Wildman–Crippen LogP) is 0.738. The Kier molecular flexibility index (Phi) is 3.34. The SMILES string of the molecule is O=C(CCC1CCNC1)Nc1ncc[nH]1. The first-order valence-corrected chi connectivity index (χ1v) is 5.34. The molecule has 1 aromatic heterocycles. The first kappa shape index (κ1) is 10.2. The molecule has 15 heavy (non-hydrogen) atoms. The molecule has 1 aromatic rings. The van der Waals surface area contributed by atoms with Crippen LogP contribution in [-0.2, 0) is 4.79 Å². The van der Waals surface area contributed by atoms with E-state index in [2.05, 4.69) is 20.6 Å². The molecule has 1 unspecified atom stereocenters. The average Bonchev–Trinajstić information content (AvgIpc) is 2.86. The summed E-state index contributed by atoms with van der Waals surface area (Å²) in [5, 5.41) is 6.01.